The molecule has 1 aliphatic rings. The second-order valence-corrected chi connectivity index (χ2v) is 12.9. The Balaban J connectivity index is 1.82. The van der Waals surface area contributed by atoms with Gasteiger partial charge < -0.3 is 0 Å². The molecule has 0 N–H and O–H groups in total. The second-order valence-electron chi connectivity index (χ2n) is 9.07. The predicted octanol–water partition coefficient (Wildman–Crippen LogP) is 5.69. The standard InChI is InChI=1S/C30H27NO4S2/c1-24-17-19-28(20-18-24)37(34,35)31-22-21-29(36(32,33)27-15-9-4-10-16-27)23-30(31,25-11-5-2-6-12-25)26-13-7-3-8-14-26/h2-20,23H,21-22H2,1H3. The van der Waals surface area contributed by atoms with Gasteiger partial charge in [-0.15, -0.1) is 0 Å². The van der Waals surface area contributed by atoms with Crippen LogP contribution in [0.5, 0.6) is 0 Å². The van der Waals surface area contributed by atoms with E-state index < -0.39 is 25.4 Å². The number of sulfone groups is 1. The summed E-state index contributed by atoms with van der Waals surface area (Å²) < 4.78 is 57.4. The number of sulfonamides is 1. The maximum Gasteiger partial charge on any atom is 0.244 e. The molecule has 0 saturated heterocycles. The SMILES string of the molecule is Cc1ccc(S(=O)(=O)N2CCC(S(=O)(=O)c3ccccc3)=CC2(c2ccccc2)c2ccccc2)cc1. The highest BCUT2D eigenvalue weighted by molar-refractivity contribution is 7.95. The number of aryl methyl sites for hydroxylation is 1. The molecule has 0 bridgehead atoms. The molecule has 5 rings (SSSR count). The Kier molecular flexibility index (Phi) is 6.62. The Labute approximate surface area is 218 Å². The van der Waals surface area contributed by atoms with Crippen LogP contribution in [0.3, 0.4) is 0 Å². The van der Waals surface area contributed by atoms with Gasteiger partial charge in [0, 0.05) is 11.4 Å². The highest BCUT2D eigenvalue weighted by Gasteiger charge is 2.49. The minimum Gasteiger partial charge on any atom is -0.219 e. The lowest BCUT2D eigenvalue weighted by Gasteiger charge is -2.45. The molecule has 7 heteroatoms. The summed E-state index contributed by atoms with van der Waals surface area (Å²) in [5.41, 5.74) is 0.905. The van der Waals surface area contributed by atoms with Crippen molar-refractivity contribution in [2.75, 3.05) is 6.54 Å². The first-order valence-corrected chi connectivity index (χ1v) is 14.9. The van der Waals surface area contributed by atoms with Crippen molar-refractivity contribution in [1.29, 1.82) is 0 Å². The van der Waals surface area contributed by atoms with E-state index >= 15 is 0 Å². The molecule has 0 fully saturated rings. The minimum absolute atomic E-state index is 0.00209. The van der Waals surface area contributed by atoms with Crippen LogP contribution in [-0.2, 0) is 25.4 Å². The van der Waals surface area contributed by atoms with E-state index in [1.807, 2.05) is 67.6 Å². The van der Waals surface area contributed by atoms with Gasteiger partial charge in [-0.25, -0.2) is 16.8 Å². The zero-order valence-electron chi connectivity index (χ0n) is 20.4. The molecule has 5 nitrogen and oxygen atoms in total. The van der Waals surface area contributed by atoms with Crippen molar-refractivity contribution >= 4 is 19.9 Å². The minimum atomic E-state index is -4.02. The molecule has 0 aliphatic carbocycles. The largest absolute Gasteiger partial charge is 0.244 e. The number of benzene rings is 4. The fourth-order valence-electron chi connectivity index (χ4n) is 4.88. The van der Waals surface area contributed by atoms with E-state index in [0.717, 1.165) is 5.56 Å². The maximum atomic E-state index is 14.2. The molecule has 4 aromatic rings. The Bertz CT molecular complexity index is 1590. The monoisotopic (exact) mass is 529 g/mol. The lowest BCUT2D eigenvalue weighted by atomic mass is 9.80. The summed E-state index contributed by atoms with van der Waals surface area (Å²) in [5.74, 6) is 0. The normalized spacial score (nSPS) is 16.2. The van der Waals surface area contributed by atoms with E-state index in [9.17, 15) is 16.8 Å². The van der Waals surface area contributed by atoms with Crippen molar-refractivity contribution in [3.63, 3.8) is 0 Å². The van der Waals surface area contributed by atoms with Crippen LogP contribution in [0, 0.1) is 6.92 Å². The van der Waals surface area contributed by atoms with Gasteiger partial charge in [-0.1, -0.05) is 96.6 Å². The van der Waals surface area contributed by atoms with Crippen molar-refractivity contribution < 1.29 is 16.8 Å². The maximum absolute atomic E-state index is 14.2. The molecule has 0 spiro atoms. The van der Waals surface area contributed by atoms with Crippen LogP contribution in [0.1, 0.15) is 23.1 Å². The molecule has 0 radical (unpaired) electrons. The van der Waals surface area contributed by atoms with Crippen molar-refractivity contribution in [2.24, 2.45) is 0 Å². The predicted molar refractivity (Wildman–Crippen MR) is 145 cm³/mol. The molecule has 37 heavy (non-hydrogen) atoms. The lowest BCUT2D eigenvalue weighted by Crippen LogP contribution is -2.52. The quantitative estimate of drug-likeness (QED) is 0.322. The Morgan fingerprint density at radius 3 is 1.62 bits per heavy atom. The van der Waals surface area contributed by atoms with Crippen molar-refractivity contribution in [3.8, 4) is 0 Å². The van der Waals surface area contributed by atoms with Crippen LogP contribution in [0.4, 0.5) is 0 Å². The van der Waals surface area contributed by atoms with E-state index in [1.165, 1.54) is 4.31 Å². The molecule has 4 aromatic carbocycles. The number of hydrogen-bond acceptors (Lipinski definition) is 4. The lowest BCUT2D eigenvalue weighted by molar-refractivity contribution is 0.275. The molecule has 1 heterocycles. The van der Waals surface area contributed by atoms with E-state index in [-0.39, 0.29) is 27.7 Å². The van der Waals surface area contributed by atoms with Gasteiger partial charge in [-0.3, -0.25) is 0 Å². The van der Waals surface area contributed by atoms with Crippen LogP contribution in [0.15, 0.2) is 136 Å². The van der Waals surface area contributed by atoms with Crippen LogP contribution in [0.25, 0.3) is 0 Å². The topological polar surface area (TPSA) is 71.5 Å². The second kappa shape index (κ2) is 9.74. The van der Waals surface area contributed by atoms with Crippen LogP contribution < -0.4 is 0 Å². The zero-order chi connectivity index (χ0) is 26.1. The van der Waals surface area contributed by atoms with Gasteiger partial charge >= 0.3 is 0 Å². The van der Waals surface area contributed by atoms with E-state index in [1.54, 1.807) is 60.7 Å². The third kappa shape index (κ3) is 4.44. The highest BCUT2D eigenvalue weighted by Crippen LogP contribution is 2.46. The van der Waals surface area contributed by atoms with E-state index in [2.05, 4.69) is 0 Å². The van der Waals surface area contributed by atoms with Crippen LogP contribution in [0.2, 0.25) is 0 Å². The third-order valence-corrected chi connectivity index (χ3v) is 10.6. The summed E-state index contributed by atoms with van der Waals surface area (Å²) in [6.45, 7) is 1.90. The molecule has 0 unspecified atom stereocenters. The van der Waals surface area contributed by atoms with Gasteiger partial charge in [0.1, 0.15) is 5.54 Å². The van der Waals surface area contributed by atoms with E-state index in [4.69, 9.17) is 0 Å². The molecule has 0 aromatic heterocycles. The number of rotatable bonds is 6. The first-order valence-electron chi connectivity index (χ1n) is 12.0. The Hall–Kier alpha value is -3.52. The van der Waals surface area contributed by atoms with Crippen LogP contribution in [-0.4, -0.2) is 27.7 Å². The summed E-state index contributed by atoms with van der Waals surface area (Å²) in [4.78, 5) is 0.546. The first kappa shape index (κ1) is 25.1. The summed E-state index contributed by atoms with van der Waals surface area (Å²) in [7, 11) is -7.87. The molecule has 0 atom stereocenters. The highest BCUT2D eigenvalue weighted by atomic mass is 32.2. The summed E-state index contributed by atoms with van der Waals surface area (Å²) in [6, 6.07) is 33.5. The average molecular weight is 530 g/mol. The molecule has 1 aliphatic heterocycles. The zero-order valence-corrected chi connectivity index (χ0v) is 22.0. The van der Waals surface area contributed by atoms with Crippen molar-refractivity contribution in [1.82, 2.24) is 4.31 Å². The van der Waals surface area contributed by atoms with Gasteiger partial charge in [0.05, 0.1) is 9.79 Å². The van der Waals surface area contributed by atoms with Gasteiger partial charge in [0.15, 0.2) is 0 Å². The molecule has 0 saturated carbocycles. The fraction of sp³-hybridized carbons (Fsp3) is 0.133. The third-order valence-electron chi connectivity index (χ3n) is 6.76. The van der Waals surface area contributed by atoms with Crippen molar-refractivity contribution in [2.45, 2.75) is 28.7 Å². The van der Waals surface area contributed by atoms with Crippen LogP contribution >= 0.6 is 0 Å². The molecular weight excluding hydrogens is 502 g/mol. The van der Waals surface area contributed by atoms with Gasteiger partial charge in [0.25, 0.3) is 0 Å². The smallest absolute Gasteiger partial charge is 0.219 e. The fourth-order valence-corrected chi connectivity index (χ4v) is 8.09. The van der Waals surface area contributed by atoms with Gasteiger partial charge in [0.2, 0.25) is 19.9 Å². The first-order chi connectivity index (χ1) is 17.8. The number of nitrogens with zero attached hydrogens (tertiary/aromatic N) is 1. The van der Waals surface area contributed by atoms with Crippen molar-refractivity contribution in [3.05, 3.63) is 143 Å². The van der Waals surface area contributed by atoms with E-state index in [0.29, 0.717) is 11.1 Å². The number of hydrogen-bond donors (Lipinski definition) is 0. The van der Waals surface area contributed by atoms with Gasteiger partial charge in [-0.05, 0) is 54.8 Å². The molecule has 0 amide bonds. The van der Waals surface area contributed by atoms with Gasteiger partial charge in [-0.2, -0.15) is 4.31 Å². The Morgan fingerprint density at radius 2 is 1.11 bits per heavy atom. The summed E-state index contributed by atoms with van der Waals surface area (Å²) >= 11 is 0. The summed E-state index contributed by atoms with van der Waals surface area (Å²) in [6.07, 6.45) is 1.69. The Morgan fingerprint density at radius 1 is 0.622 bits per heavy atom. The summed E-state index contributed by atoms with van der Waals surface area (Å²) in [5, 5.41) is 0. The average Bonchev–Trinajstić information content (AvgIpc) is 2.94. The molecular formula is C30H27NO4S2. The molecule has 188 valence electrons.